The third-order valence-corrected chi connectivity index (χ3v) is 2.84. The highest BCUT2D eigenvalue weighted by Gasteiger charge is 2.20. The van der Waals surface area contributed by atoms with Crippen molar-refractivity contribution in [2.24, 2.45) is 11.1 Å². The maximum atomic E-state index is 13.3. The third kappa shape index (κ3) is 3.56. The molecule has 0 amide bonds. The molecule has 1 atom stereocenters. The van der Waals surface area contributed by atoms with E-state index in [0.717, 1.165) is 12.1 Å². The lowest BCUT2D eigenvalue weighted by Gasteiger charge is -2.27. The molecule has 0 aliphatic heterocycles. The molecule has 2 N–H and O–H groups in total. The summed E-state index contributed by atoms with van der Waals surface area (Å²) in [5, 5.41) is 0. The van der Waals surface area contributed by atoms with Gasteiger partial charge in [-0.3, -0.25) is 0 Å². The van der Waals surface area contributed by atoms with Crippen LogP contribution in [0.5, 0.6) is 0 Å². The van der Waals surface area contributed by atoms with Gasteiger partial charge in [-0.25, -0.2) is 8.78 Å². The predicted octanol–water partition coefficient (Wildman–Crippen LogP) is 3.27. The van der Waals surface area contributed by atoms with E-state index in [1.54, 1.807) is 0 Å². The van der Waals surface area contributed by atoms with Crippen molar-refractivity contribution in [2.75, 3.05) is 0 Å². The van der Waals surface area contributed by atoms with Crippen LogP contribution in [-0.4, -0.2) is 6.04 Å². The van der Waals surface area contributed by atoms with Crippen molar-refractivity contribution >= 4 is 0 Å². The van der Waals surface area contributed by atoms with Gasteiger partial charge in [-0.15, -0.1) is 0 Å². The molecule has 90 valence electrons. The highest BCUT2D eigenvalue weighted by atomic mass is 19.1. The molecule has 1 aromatic carbocycles. The fourth-order valence-electron chi connectivity index (χ4n) is 1.48. The Morgan fingerprint density at radius 2 is 1.88 bits per heavy atom. The van der Waals surface area contributed by atoms with Crippen LogP contribution in [0.3, 0.4) is 0 Å². The highest BCUT2D eigenvalue weighted by Crippen LogP contribution is 2.22. The summed E-state index contributed by atoms with van der Waals surface area (Å²) in [6.45, 7) is 6.12. The Balaban J connectivity index is 2.64. The summed E-state index contributed by atoms with van der Waals surface area (Å²) in [4.78, 5) is 0. The molecule has 0 heterocycles. The molecule has 0 aliphatic rings. The van der Waals surface area contributed by atoms with Crippen LogP contribution in [0.15, 0.2) is 18.2 Å². The number of benzene rings is 1. The smallest absolute Gasteiger partial charge is 0.126 e. The average Bonchev–Trinajstić information content (AvgIpc) is 2.17. The van der Waals surface area contributed by atoms with E-state index >= 15 is 0 Å². The standard InChI is InChI=1S/C13H19F2N/c1-13(2,3)12(16)7-4-9-8-10(14)5-6-11(9)15/h5-6,8,12H,4,7,16H2,1-3H3. The minimum Gasteiger partial charge on any atom is -0.327 e. The number of halogens is 2. The van der Waals surface area contributed by atoms with Gasteiger partial charge >= 0.3 is 0 Å². The minimum absolute atomic E-state index is 0.0101. The fraction of sp³-hybridized carbons (Fsp3) is 0.538. The first-order chi connectivity index (χ1) is 7.30. The molecule has 16 heavy (non-hydrogen) atoms. The zero-order valence-corrected chi connectivity index (χ0v) is 10.1. The topological polar surface area (TPSA) is 26.0 Å². The quantitative estimate of drug-likeness (QED) is 0.842. The second kappa shape index (κ2) is 4.91. The number of aryl methyl sites for hydroxylation is 1. The van der Waals surface area contributed by atoms with Crippen molar-refractivity contribution < 1.29 is 8.78 Å². The average molecular weight is 227 g/mol. The van der Waals surface area contributed by atoms with Crippen LogP contribution in [-0.2, 0) is 6.42 Å². The molecule has 1 aromatic rings. The number of hydrogen-bond donors (Lipinski definition) is 1. The van der Waals surface area contributed by atoms with Gasteiger partial charge in [0.15, 0.2) is 0 Å². The molecule has 0 aliphatic carbocycles. The monoisotopic (exact) mass is 227 g/mol. The molecule has 0 fully saturated rings. The van der Waals surface area contributed by atoms with Crippen molar-refractivity contribution in [3.8, 4) is 0 Å². The molecular formula is C13H19F2N. The summed E-state index contributed by atoms with van der Waals surface area (Å²) >= 11 is 0. The van der Waals surface area contributed by atoms with E-state index in [9.17, 15) is 8.78 Å². The van der Waals surface area contributed by atoms with Gasteiger partial charge in [0, 0.05) is 6.04 Å². The first-order valence-electron chi connectivity index (χ1n) is 5.50. The molecule has 0 aromatic heterocycles. The summed E-state index contributed by atoms with van der Waals surface area (Å²) in [6.07, 6.45) is 1.13. The lowest BCUT2D eigenvalue weighted by Crippen LogP contribution is -2.35. The lowest BCUT2D eigenvalue weighted by molar-refractivity contribution is 0.305. The molecule has 0 saturated heterocycles. The fourth-order valence-corrected chi connectivity index (χ4v) is 1.48. The third-order valence-electron chi connectivity index (χ3n) is 2.84. The lowest BCUT2D eigenvalue weighted by atomic mass is 9.84. The van der Waals surface area contributed by atoms with Gasteiger partial charge in [-0.1, -0.05) is 20.8 Å². The van der Waals surface area contributed by atoms with E-state index in [1.807, 2.05) is 20.8 Å². The SMILES string of the molecule is CC(C)(C)C(N)CCc1cc(F)ccc1F. The van der Waals surface area contributed by atoms with Crippen molar-refractivity contribution in [2.45, 2.75) is 39.7 Å². The van der Waals surface area contributed by atoms with Crippen LogP contribution >= 0.6 is 0 Å². The Morgan fingerprint density at radius 1 is 1.25 bits per heavy atom. The molecule has 1 rings (SSSR count). The summed E-state index contributed by atoms with van der Waals surface area (Å²) in [7, 11) is 0. The van der Waals surface area contributed by atoms with E-state index in [2.05, 4.69) is 0 Å². The predicted molar refractivity (Wildman–Crippen MR) is 62.1 cm³/mol. The minimum atomic E-state index is -0.402. The van der Waals surface area contributed by atoms with Gasteiger partial charge in [0.05, 0.1) is 0 Å². The van der Waals surface area contributed by atoms with Crippen LogP contribution in [0.4, 0.5) is 8.78 Å². The summed E-state index contributed by atoms with van der Waals surface area (Å²) < 4.78 is 26.2. The van der Waals surface area contributed by atoms with E-state index in [4.69, 9.17) is 5.73 Å². The Kier molecular flexibility index (Phi) is 4.03. The summed E-state index contributed by atoms with van der Waals surface area (Å²) in [6, 6.07) is 3.51. The van der Waals surface area contributed by atoms with Gasteiger partial charge in [-0.2, -0.15) is 0 Å². The van der Waals surface area contributed by atoms with Gasteiger partial charge < -0.3 is 5.73 Å². The van der Waals surface area contributed by atoms with Crippen molar-refractivity contribution in [3.05, 3.63) is 35.4 Å². The normalized spacial score (nSPS) is 13.9. The highest BCUT2D eigenvalue weighted by molar-refractivity contribution is 5.19. The van der Waals surface area contributed by atoms with Crippen molar-refractivity contribution in [1.29, 1.82) is 0 Å². The van der Waals surface area contributed by atoms with Gasteiger partial charge in [-0.05, 0) is 42.0 Å². The first kappa shape index (κ1) is 13.1. The van der Waals surface area contributed by atoms with Gasteiger partial charge in [0.25, 0.3) is 0 Å². The molecule has 3 heteroatoms. The van der Waals surface area contributed by atoms with Crippen molar-refractivity contribution in [3.63, 3.8) is 0 Å². The van der Waals surface area contributed by atoms with Crippen LogP contribution < -0.4 is 5.73 Å². The summed E-state index contributed by atoms with van der Waals surface area (Å²) in [5.74, 6) is -0.761. The Labute approximate surface area is 95.7 Å². The Bertz CT molecular complexity index is 355. The van der Waals surface area contributed by atoms with Gasteiger partial charge in [0.2, 0.25) is 0 Å². The van der Waals surface area contributed by atoms with Crippen LogP contribution in [0.1, 0.15) is 32.8 Å². The zero-order valence-electron chi connectivity index (χ0n) is 10.1. The Morgan fingerprint density at radius 3 is 2.44 bits per heavy atom. The molecule has 0 bridgehead atoms. The van der Waals surface area contributed by atoms with E-state index in [1.165, 1.54) is 6.07 Å². The molecule has 0 radical (unpaired) electrons. The van der Waals surface area contributed by atoms with E-state index in [0.29, 0.717) is 18.4 Å². The first-order valence-corrected chi connectivity index (χ1v) is 5.50. The molecule has 0 saturated carbocycles. The van der Waals surface area contributed by atoms with E-state index < -0.39 is 5.82 Å². The number of rotatable bonds is 3. The molecule has 0 spiro atoms. The van der Waals surface area contributed by atoms with Crippen LogP contribution in [0.2, 0.25) is 0 Å². The second-order valence-electron chi connectivity index (χ2n) is 5.25. The second-order valence-corrected chi connectivity index (χ2v) is 5.25. The largest absolute Gasteiger partial charge is 0.327 e. The number of hydrogen-bond acceptors (Lipinski definition) is 1. The number of nitrogens with two attached hydrogens (primary N) is 1. The Hall–Kier alpha value is -0.960. The maximum Gasteiger partial charge on any atom is 0.126 e. The van der Waals surface area contributed by atoms with Crippen LogP contribution in [0, 0.1) is 17.0 Å². The van der Waals surface area contributed by atoms with Crippen molar-refractivity contribution in [1.82, 2.24) is 0 Å². The van der Waals surface area contributed by atoms with Crippen LogP contribution in [0.25, 0.3) is 0 Å². The van der Waals surface area contributed by atoms with E-state index in [-0.39, 0.29) is 17.3 Å². The van der Waals surface area contributed by atoms with Gasteiger partial charge in [0.1, 0.15) is 11.6 Å². The molecule has 1 nitrogen and oxygen atoms in total. The summed E-state index contributed by atoms with van der Waals surface area (Å²) in [5.41, 5.74) is 6.36. The molecular weight excluding hydrogens is 208 g/mol. The zero-order chi connectivity index (χ0) is 12.3. The molecule has 1 unspecified atom stereocenters. The maximum absolute atomic E-state index is 13.3.